The summed E-state index contributed by atoms with van der Waals surface area (Å²) in [6, 6.07) is 7.48. The van der Waals surface area contributed by atoms with Crippen LogP contribution in [0.2, 0.25) is 0 Å². The lowest BCUT2D eigenvalue weighted by Crippen LogP contribution is -2.37. The van der Waals surface area contributed by atoms with E-state index in [1.807, 2.05) is 0 Å². The van der Waals surface area contributed by atoms with Crippen LogP contribution in [0, 0.1) is 0 Å². The number of methoxy groups -OCH3 is 3. The summed E-state index contributed by atoms with van der Waals surface area (Å²) in [6.07, 6.45) is 0.542. The molecule has 31 heavy (non-hydrogen) atoms. The molecule has 3 rings (SSSR count). The van der Waals surface area contributed by atoms with Gasteiger partial charge in [-0.3, -0.25) is 4.79 Å². The Morgan fingerprint density at radius 2 is 1.97 bits per heavy atom. The molecule has 1 aliphatic rings. The van der Waals surface area contributed by atoms with E-state index in [2.05, 4.69) is 10.3 Å². The fourth-order valence-electron chi connectivity index (χ4n) is 3.42. The lowest BCUT2D eigenvalue weighted by Gasteiger charge is -2.34. The van der Waals surface area contributed by atoms with Crippen LogP contribution in [-0.4, -0.2) is 55.6 Å². The minimum Gasteiger partial charge on any atom is -0.648 e. The Bertz CT molecular complexity index is 893. The predicted octanol–water partition coefficient (Wildman–Crippen LogP) is 3.81. The number of ether oxygens (including phenoxy) is 3. The summed E-state index contributed by atoms with van der Waals surface area (Å²) < 4.78 is 44.3. The number of carbonyl (C=O) groups is 1. The van der Waals surface area contributed by atoms with E-state index >= 15 is 0 Å². The van der Waals surface area contributed by atoms with Crippen LogP contribution in [-0.2, 0) is 17.9 Å². The molecule has 2 heterocycles. The molecule has 2 aromatic rings. The maximum absolute atomic E-state index is 14.4. The number of alkyl halides is 2. The Balaban J connectivity index is 1.74. The highest BCUT2D eigenvalue weighted by Crippen LogP contribution is 2.34. The van der Waals surface area contributed by atoms with Gasteiger partial charge in [0.25, 0.3) is 0 Å². The van der Waals surface area contributed by atoms with E-state index in [0.29, 0.717) is 28.5 Å². The maximum atomic E-state index is 14.4. The second kappa shape index (κ2) is 9.91. The number of halogens is 2. The quantitative estimate of drug-likeness (QED) is 0.632. The summed E-state index contributed by atoms with van der Waals surface area (Å²) in [5, 5.41) is 4.30. The fraction of sp³-hybridized carbons (Fsp3) is 0.455. The molecule has 0 N–H and O–H groups in total. The van der Waals surface area contributed by atoms with Crippen molar-refractivity contribution in [3.8, 4) is 17.4 Å². The second-order valence-corrected chi connectivity index (χ2v) is 7.31. The third-order valence-electron chi connectivity index (χ3n) is 5.19. The first kappa shape index (κ1) is 22.7. The van der Waals surface area contributed by atoms with Gasteiger partial charge in [-0.2, -0.15) is 0 Å². The number of nitrogens with zero attached hydrogens (tertiary/aromatic N) is 3. The Kier molecular flexibility index (Phi) is 7.27. The molecule has 0 radical (unpaired) electrons. The summed E-state index contributed by atoms with van der Waals surface area (Å²) in [5.41, 5.74) is 1.42. The van der Waals surface area contributed by atoms with Gasteiger partial charge >= 0.3 is 0 Å². The van der Waals surface area contributed by atoms with Gasteiger partial charge in [0.1, 0.15) is 11.5 Å². The normalized spacial score (nSPS) is 18.4. The molecule has 168 valence electrons. The highest BCUT2D eigenvalue weighted by atomic mass is 19.3. The first-order valence-electron chi connectivity index (χ1n) is 9.88. The van der Waals surface area contributed by atoms with Crippen molar-refractivity contribution in [1.82, 2.24) is 9.88 Å². The molecule has 1 aromatic heterocycles. The monoisotopic (exact) mass is 434 g/mol. The molecule has 0 spiro atoms. The lowest BCUT2D eigenvalue weighted by molar-refractivity contribution is -0.132. The van der Waals surface area contributed by atoms with E-state index < -0.39 is 30.7 Å². The van der Waals surface area contributed by atoms with Crippen LogP contribution in [0.5, 0.6) is 17.4 Å². The molecule has 0 bridgehead atoms. The van der Waals surface area contributed by atoms with E-state index in [1.165, 1.54) is 19.1 Å². The number of benzene rings is 1. The number of rotatable bonds is 8. The topological polar surface area (TPSA) is 75.0 Å². The summed E-state index contributed by atoms with van der Waals surface area (Å²) in [4.78, 5) is 18.6. The Morgan fingerprint density at radius 1 is 1.16 bits per heavy atom. The van der Waals surface area contributed by atoms with E-state index in [0.717, 1.165) is 0 Å². The molecule has 0 saturated carbocycles. The molecule has 1 aliphatic heterocycles. The number of likely N-dealkylation sites (tertiary alicyclic amines) is 1. The van der Waals surface area contributed by atoms with Gasteiger partial charge in [-0.15, -0.1) is 6.54 Å². The van der Waals surface area contributed by atoms with Gasteiger partial charge < -0.3 is 24.4 Å². The largest absolute Gasteiger partial charge is 0.648 e. The van der Waals surface area contributed by atoms with Crippen LogP contribution in [0.3, 0.4) is 0 Å². The van der Waals surface area contributed by atoms with Crippen LogP contribution in [0.4, 0.5) is 8.78 Å². The number of carbonyl (C=O) groups excluding carboxylic acids is 1. The molecule has 0 unspecified atom stereocenters. The Hall–Kier alpha value is -2.94. The highest BCUT2D eigenvalue weighted by molar-refractivity contribution is 5.84. The van der Waals surface area contributed by atoms with Gasteiger partial charge in [0.05, 0.1) is 21.3 Å². The molecule has 9 heteroatoms. The van der Waals surface area contributed by atoms with Crippen molar-refractivity contribution >= 4 is 5.91 Å². The first-order valence-corrected chi connectivity index (χ1v) is 9.88. The third kappa shape index (κ3) is 5.81. The van der Waals surface area contributed by atoms with E-state index in [9.17, 15) is 13.6 Å². The Morgan fingerprint density at radius 3 is 2.61 bits per heavy atom. The molecule has 1 aromatic carbocycles. The van der Waals surface area contributed by atoms with Crippen LogP contribution < -0.4 is 14.2 Å². The second-order valence-electron chi connectivity index (χ2n) is 7.31. The van der Waals surface area contributed by atoms with Crippen molar-refractivity contribution in [2.75, 3.05) is 27.9 Å². The van der Waals surface area contributed by atoms with E-state index in [4.69, 9.17) is 14.2 Å². The van der Waals surface area contributed by atoms with E-state index in [1.54, 1.807) is 43.6 Å². The van der Waals surface area contributed by atoms with Crippen molar-refractivity contribution in [2.45, 2.75) is 37.9 Å². The molecular weight excluding hydrogens is 408 g/mol. The summed E-state index contributed by atoms with van der Waals surface area (Å²) in [6.45, 7) is 0.207. The molecular formula is C22H26F2N3O4-. The molecule has 7 nitrogen and oxygen atoms in total. The van der Waals surface area contributed by atoms with Crippen molar-refractivity contribution in [2.24, 2.45) is 0 Å². The van der Waals surface area contributed by atoms with E-state index in [-0.39, 0.29) is 19.6 Å². The van der Waals surface area contributed by atoms with Crippen LogP contribution in [0.15, 0.2) is 36.5 Å². The minimum atomic E-state index is -2.97. The van der Waals surface area contributed by atoms with Gasteiger partial charge in [0.2, 0.25) is 17.7 Å². The first-order chi connectivity index (χ1) is 14.8. The van der Waals surface area contributed by atoms with Gasteiger partial charge in [0.15, 0.2) is 0 Å². The maximum Gasteiger partial charge on any atom is 0.248 e. The standard InChI is InChI=1S/C22H26F2N3O4/c1-29-17-6-5-16(19(10-17)30-2)14-27-9-8-22(23,24)11-18(21(27)28)25-12-15-4-7-20(31-3)26-13-15/h4-7,10,13,18H,8-9,11-12,14H2,1-3H3/q-1/t18-/m1/s1. The van der Waals surface area contributed by atoms with Crippen molar-refractivity contribution in [3.05, 3.63) is 53.0 Å². The van der Waals surface area contributed by atoms with Gasteiger partial charge in [-0.05, 0) is 23.7 Å². The van der Waals surface area contributed by atoms with Crippen molar-refractivity contribution in [1.29, 1.82) is 0 Å². The number of pyridine rings is 1. The summed E-state index contributed by atoms with van der Waals surface area (Å²) in [5.74, 6) is -1.81. The number of aromatic nitrogens is 1. The molecule has 1 fully saturated rings. The zero-order chi connectivity index (χ0) is 22.4. The predicted molar refractivity (Wildman–Crippen MR) is 111 cm³/mol. The summed E-state index contributed by atoms with van der Waals surface area (Å²) >= 11 is 0. The zero-order valence-corrected chi connectivity index (χ0v) is 17.8. The highest BCUT2D eigenvalue weighted by Gasteiger charge is 2.37. The average Bonchev–Trinajstić information content (AvgIpc) is 2.89. The molecule has 1 atom stereocenters. The third-order valence-corrected chi connectivity index (χ3v) is 5.19. The fourth-order valence-corrected chi connectivity index (χ4v) is 3.42. The molecule has 0 aliphatic carbocycles. The van der Waals surface area contributed by atoms with Crippen LogP contribution in [0.1, 0.15) is 24.0 Å². The Labute approximate surface area is 180 Å². The van der Waals surface area contributed by atoms with Crippen molar-refractivity contribution in [3.63, 3.8) is 0 Å². The number of hydrogen-bond donors (Lipinski definition) is 0. The van der Waals surface area contributed by atoms with Gasteiger partial charge in [-0.1, -0.05) is 6.07 Å². The number of amides is 1. The minimum absolute atomic E-state index is 0.0584. The van der Waals surface area contributed by atoms with Gasteiger partial charge in [0, 0.05) is 49.8 Å². The lowest BCUT2D eigenvalue weighted by atomic mass is 10.1. The smallest absolute Gasteiger partial charge is 0.248 e. The SMILES string of the molecule is COc1ccc(CN2CCC(F)(F)C[C@@H]([N-]Cc3ccc(OC)nc3)C2=O)c(OC)c1. The average molecular weight is 434 g/mol. The van der Waals surface area contributed by atoms with Gasteiger partial charge in [-0.25, -0.2) is 13.8 Å². The van der Waals surface area contributed by atoms with Crippen LogP contribution >= 0.6 is 0 Å². The van der Waals surface area contributed by atoms with Crippen molar-refractivity contribution < 1.29 is 27.8 Å². The zero-order valence-electron chi connectivity index (χ0n) is 17.8. The summed E-state index contributed by atoms with van der Waals surface area (Å²) in [7, 11) is 4.56. The number of hydrogen-bond acceptors (Lipinski definition) is 5. The molecule has 1 amide bonds. The van der Waals surface area contributed by atoms with Crippen LogP contribution in [0.25, 0.3) is 5.32 Å². The molecule has 1 saturated heterocycles.